The zero-order valence-corrected chi connectivity index (χ0v) is 19.3. The topological polar surface area (TPSA) is 80.7 Å². The van der Waals surface area contributed by atoms with Crippen molar-refractivity contribution in [2.24, 2.45) is 0 Å². The number of anilines is 1. The van der Waals surface area contributed by atoms with E-state index >= 15 is 0 Å². The molecule has 1 amide bonds. The number of benzene rings is 1. The van der Waals surface area contributed by atoms with E-state index in [0.29, 0.717) is 5.13 Å². The standard InChI is InChI=1S/C21H21N5OS3/c1-4-13-6-8-14(9-7-13)15-10-28-19-17(15)20(23-11-22-19)29-12(3)18(27)24-21-26-25-16(5-2)30-21/h6-12H,4-5H2,1-3H3,(H,24,26,27). The van der Waals surface area contributed by atoms with Gasteiger partial charge in [0.1, 0.15) is 21.2 Å². The molecule has 0 radical (unpaired) electrons. The number of fused-ring (bicyclic) bond motifs is 1. The van der Waals surface area contributed by atoms with Gasteiger partial charge in [0.05, 0.1) is 10.6 Å². The van der Waals surface area contributed by atoms with Gasteiger partial charge in [0.2, 0.25) is 11.0 Å². The van der Waals surface area contributed by atoms with Gasteiger partial charge in [0, 0.05) is 10.9 Å². The summed E-state index contributed by atoms with van der Waals surface area (Å²) in [5.41, 5.74) is 3.54. The number of aryl methyl sites for hydroxylation is 2. The third-order valence-electron chi connectivity index (χ3n) is 4.67. The van der Waals surface area contributed by atoms with Gasteiger partial charge in [0.25, 0.3) is 0 Å². The minimum atomic E-state index is -0.340. The molecule has 0 bridgehead atoms. The van der Waals surface area contributed by atoms with Gasteiger partial charge in [-0.05, 0) is 30.9 Å². The fourth-order valence-electron chi connectivity index (χ4n) is 2.94. The number of carbonyl (C=O) groups is 1. The van der Waals surface area contributed by atoms with E-state index in [1.807, 2.05) is 13.8 Å². The molecule has 0 aliphatic rings. The maximum Gasteiger partial charge on any atom is 0.239 e. The summed E-state index contributed by atoms with van der Waals surface area (Å²) in [6, 6.07) is 8.58. The number of thiophene rings is 1. The van der Waals surface area contributed by atoms with Gasteiger partial charge in [-0.25, -0.2) is 9.97 Å². The molecule has 0 saturated heterocycles. The van der Waals surface area contributed by atoms with Crippen molar-refractivity contribution in [2.45, 2.75) is 43.9 Å². The van der Waals surface area contributed by atoms with Crippen LogP contribution in [-0.2, 0) is 17.6 Å². The summed E-state index contributed by atoms with van der Waals surface area (Å²) in [7, 11) is 0. The van der Waals surface area contributed by atoms with Gasteiger partial charge in [-0.1, -0.05) is 61.2 Å². The molecule has 0 aliphatic carbocycles. The van der Waals surface area contributed by atoms with Crippen LogP contribution in [0, 0.1) is 0 Å². The Balaban J connectivity index is 1.58. The zero-order chi connectivity index (χ0) is 21.1. The summed E-state index contributed by atoms with van der Waals surface area (Å²) in [6.45, 7) is 6.03. The number of hydrogen-bond donors (Lipinski definition) is 1. The van der Waals surface area contributed by atoms with Crippen molar-refractivity contribution in [2.75, 3.05) is 5.32 Å². The quantitative estimate of drug-likeness (QED) is 0.295. The smallest absolute Gasteiger partial charge is 0.239 e. The third kappa shape index (κ3) is 4.38. The minimum absolute atomic E-state index is 0.116. The van der Waals surface area contributed by atoms with E-state index in [1.165, 1.54) is 28.7 Å². The van der Waals surface area contributed by atoms with Crippen molar-refractivity contribution < 1.29 is 4.79 Å². The van der Waals surface area contributed by atoms with Crippen LogP contribution in [0.1, 0.15) is 31.3 Å². The van der Waals surface area contributed by atoms with Crippen molar-refractivity contribution in [3.05, 3.63) is 46.5 Å². The van der Waals surface area contributed by atoms with Gasteiger partial charge in [-0.2, -0.15) is 0 Å². The molecule has 0 spiro atoms. The molecule has 1 aromatic carbocycles. The Morgan fingerprint density at radius 1 is 1.13 bits per heavy atom. The number of nitrogens with zero attached hydrogens (tertiary/aromatic N) is 4. The predicted octanol–water partition coefficient (Wildman–Crippen LogP) is 5.45. The maximum atomic E-state index is 12.7. The van der Waals surface area contributed by atoms with Crippen LogP contribution < -0.4 is 5.32 Å². The second-order valence-electron chi connectivity index (χ2n) is 6.66. The first-order chi connectivity index (χ1) is 14.6. The summed E-state index contributed by atoms with van der Waals surface area (Å²) in [5.74, 6) is -0.116. The number of amides is 1. The van der Waals surface area contributed by atoms with E-state index < -0.39 is 0 Å². The Morgan fingerprint density at radius 2 is 1.93 bits per heavy atom. The van der Waals surface area contributed by atoms with Crippen molar-refractivity contribution in [3.63, 3.8) is 0 Å². The lowest BCUT2D eigenvalue weighted by atomic mass is 10.0. The predicted molar refractivity (Wildman–Crippen MR) is 125 cm³/mol. The van der Waals surface area contributed by atoms with E-state index in [9.17, 15) is 4.79 Å². The molecule has 0 aliphatic heterocycles. The Hall–Kier alpha value is -2.36. The van der Waals surface area contributed by atoms with E-state index in [-0.39, 0.29) is 11.2 Å². The molecule has 0 saturated carbocycles. The average molecular weight is 456 g/mol. The normalized spacial score (nSPS) is 12.2. The van der Waals surface area contributed by atoms with Crippen LogP contribution in [0.2, 0.25) is 0 Å². The molecule has 4 rings (SSSR count). The van der Waals surface area contributed by atoms with E-state index in [0.717, 1.165) is 44.2 Å². The monoisotopic (exact) mass is 455 g/mol. The zero-order valence-electron chi connectivity index (χ0n) is 16.9. The lowest BCUT2D eigenvalue weighted by molar-refractivity contribution is -0.115. The van der Waals surface area contributed by atoms with Crippen molar-refractivity contribution in [1.29, 1.82) is 0 Å². The number of thioether (sulfide) groups is 1. The molecular formula is C21H21N5OS3. The molecule has 3 aromatic heterocycles. The average Bonchev–Trinajstić information content (AvgIpc) is 3.41. The van der Waals surface area contributed by atoms with Crippen LogP contribution >= 0.6 is 34.4 Å². The Morgan fingerprint density at radius 3 is 2.63 bits per heavy atom. The molecule has 1 N–H and O–H groups in total. The van der Waals surface area contributed by atoms with Crippen LogP contribution in [0.25, 0.3) is 21.3 Å². The van der Waals surface area contributed by atoms with E-state index in [1.54, 1.807) is 17.7 Å². The van der Waals surface area contributed by atoms with Crippen molar-refractivity contribution >= 4 is 55.7 Å². The molecule has 154 valence electrons. The largest absolute Gasteiger partial charge is 0.300 e. The fraction of sp³-hybridized carbons (Fsp3) is 0.286. The van der Waals surface area contributed by atoms with Gasteiger partial charge < -0.3 is 0 Å². The first-order valence-electron chi connectivity index (χ1n) is 9.70. The molecule has 6 nitrogen and oxygen atoms in total. The number of aromatic nitrogens is 4. The first kappa shape index (κ1) is 20.9. The van der Waals surface area contributed by atoms with Gasteiger partial charge in [-0.15, -0.1) is 21.5 Å². The maximum absolute atomic E-state index is 12.7. The van der Waals surface area contributed by atoms with Crippen LogP contribution in [0.3, 0.4) is 0 Å². The molecule has 30 heavy (non-hydrogen) atoms. The van der Waals surface area contributed by atoms with Gasteiger partial charge in [0.15, 0.2) is 0 Å². The lowest BCUT2D eigenvalue weighted by Gasteiger charge is -2.11. The molecular weight excluding hydrogens is 434 g/mol. The molecule has 1 atom stereocenters. The van der Waals surface area contributed by atoms with Gasteiger partial charge >= 0.3 is 0 Å². The van der Waals surface area contributed by atoms with E-state index in [4.69, 9.17) is 0 Å². The van der Waals surface area contributed by atoms with Crippen LogP contribution in [0.15, 0.2) is 41.0 Å². The highest BCUT2D eigenvalue weighted by Crippen LogP contribution is 2.39. The minimum Gasteiger partial charge on any atom is -0.300 e. The Labute approximate surface area is 187 Å². The summed E-state index contributed by atoms with van der Waals surface area (Å²) in [5, 5.41) is 16.0. The highest BCUT2D eigenvalue weighted by atomic mass is 32.2. The van der Waals surface area contributed by atoms with Gasteiger partial charge in [-0.3, -0.25) is 10.1 Å². The first-order valence-corrected chi connectivity index (χ1v) is 12.3. The second-order valence-corrected chi connectivity index (χ2v) is 9.91. The van der Waals surface area contributed by atoms with E-state index in [2.05, 4.69) is 62.1 Å². The second kappa shape index (κ2) is 9.20. The summed E-state index contributed by atoms with van der Waals surface area (Å²) in [6.07, 6.45) is 3.38. The number of rotatable bonds is 7. The number of carbonyl (C=O) groups excluding carboxylic acids is 1. The van der Waals surface area contributed by atoms with Crippen LogP contribution in [-0.4, -0.2) is 31.3 Å². The van der Waals surface area contributed by atoms with Crippen LogP contribution in [0.5, 0.6) is 0 Å². The number of nitrogens with one attached hydrogen (secondary N) is 1. The Bertz CT molecular complexity index is 1170. The summed E-state index contributed by atoms with van der Waals surface area (Å²) < 4.78 is 0. The highest BCUT2D eigenvalue weighted by Gasteiger charge is 2.21. The summed E-state index contributed by atoms with van der Waals surface area (Å²) >= 11 is 4.43. The van der Waals surface area contributed by atoms with Crippen LogP contribution in [0.4, 0.5) is 5.13 Å². The third-order valence-corrected chi connectivity index (χ3v) is 7.64. The lowest BCUT2D eigenvalue weighted by Crippen LogP contribution is -2.22. The van der Waals surface area contributed by atoms with Crippen molar-refractivity contribution in [1.82, 2.24) is 20.2 Å². The highest BCUT2D eigenvalue weighted by molar-refractivity contribution is 8.00. The Kier molecular flexibility index (Phi) is 6.40. The fourth-order valence-corrected chi connectivity index (χ4v) is 5.54. The SMILES string of the molecule is CCc1ccc(-c2csc3ncnc(SC(C)C(=O)Nc4nnc(CC)s4)c23)cc1. The molecule has 9 heteroatoms. The molecule has 4 aromatic rings. The molecule has 3 heterocycles. The van der Waals surface area contributed by atoms with Crippen molar-refractivity contribution in [3.8, 4) is 11.1 Å². The molecule has 1 unspecified atom stereocenters. The number of hydrogen-bond acceptors (Lipinski definition) is 8. The summed E-state index contributed by atoms with van der Waals surface area (Å²) in [4.78, 5) is 22.5. The molecule has 0 fully saturated rings.